The Morgan fingerprint density at radius 3 is 2.21 bits per heavy atom. The zero-order valence-electron chi connectivity index (χ0n) is 18.2. The smallest absolute Gasteiger partial charge is 0.338 e. The van der Waals surface area contributed by atoms with Crippen LogP contribution >= 0.6 is 0 Å². The van der Waals surface area contributed by atoms with Gasteiger partial charge in [-0.2, -0.15) is 0 Å². The molecule has 3 aromatic rings. The number of para-hydroxylation sites is 1. The zero-order valence-corrected chi connectivity index (χ0v) is 18.2. The van der Waals surface area contributed by atoms with Gasteiger partial charge in [-0.1, -0.05) is 42.5 Å². The molecule has 0 radical (unpaired) electrons. The van der Waals surface area contributed by atoms with E-state index in [0.29, 0.717) is 23.9 Å². The number of ether oxygens (including phenoxy) is 4. The molecule has 0 unspecified atom stereocenters. The predicted molar refractivity (Wildman–Crippen MR) is 120 cm³/mol. The van der Waals surface area contributed by atoms with E-state index in [0.717, 1.165) is 5.56 Å². The van der Waals surface area contributed by atoms with Crippen LogP contribution in [0.4, 0.5) is 0 Å². The lowest BCUT2D eigenvalue weighted by molar-refractivity contribution is -0.123. The van der Waals surface area contributed by atoms with Gasteiger partial charge in [0.25, 0.3) is 11.8 Å². The number of nitrogens with one attached hydrogen (secondary N) is 1. The standard InChI is InChI=1S/C25H23NO7/c1-30-20-11-7-6-10-19(20)24(28)26-23(27)16-33-25(29)18-12-13-21(22(14-18)31-2)32-15-17-8-4-3-5-9-17/h3-14H,15-16H2,1-2H3,(H,26,27,28). The van der Waals surface area contributed by atoms with Crippen molar-refractivity contribution in [1.82, 2.24) is 5.32 Å². The summed E-state index contributed by atoms with van der Waals surface area (Å²) in [5, 5.41) is 2.16. The van der Waals surface area contributed by atoms with E-state index in [-0.39, 0.29) is 11.1 Å². The Balaban J connectivity index is 1.56. The van der Waals surface area contributed by atoms with Crippen molar-refractivity contribution in [3.05, 3.63) is 89.5 Å². The Morgan fingerprint density at radius 1 is 0.788 bits per heavy atom. The highest BCUT2D eigenvalue weighted by molar-refractivity contribution is 6.07. The number of amides is 2. The quantitative estimate of drug-likeness (QED) is 0.500. The van der Waals surface area contributed by atoms with E-state index in [1.54, 1.807) is 24.3 Å². The molecule has 1 N–H and O–H groups in total. The molecule has 0 aliphatic rings. The van der Waals surface area contributed by atoms with Gasteiger partial charge >= 0.3 is 5.97 Å². The largest absolute Gasteiger partial charge is 0.496 e. The average Bonchev–Trinajstić information content (AvgIpc) is 2.86. The lowest BCUT2D eigenvalue weighted by atomic mass is 10.2. The fourth-order valence-corrected chi connectivity index (χ4v) is 2.93. The maximum Gasteiger partial charge on any atom is 0.338 e. The van der Waals surface area contributed by atoms with Gasteiger partial charge in [0, 0.05) is 0 Å². The Labute approximate surface area is 191 Å². The van der Waals surface area contributed by atoms with Crippen LogP contribution in [0.5, 0.6) is 17.2 Å². The van der Waals surface area contributed by atoms with Crippen LogP contribution in [0.25, 0.3) is 0 Å². The molecule has 170 valence electrons. The number of hydrogen-bond donors (Lipinski definition) is 1. The van der Waals surface area contributed by atoms with Crippen molar-refractivity contribution in [2.24, 2.45) is 0 Å². The molecule has 0 bridgehead atoms. The molecule has 0 fully saturated rings. The highest BCUT2D eigenvalue weighted by Crippen LogP contribution is 2.29. The summed E-state index contributed by atoms with van der Waals surface area (Å²) in [5.74, 6) is -1.05. The number of hydrogen-bond acceptors (Lipinski definition) is 7. The van der Waals surface area contributed by atoms with E-state index in [9.17, 15) is 14.4 Å². The summed E-state index contributed by atoms with van der Waals surface area (Å²) in [6.07, 6.45) is 0. The van der Waals surface area contributed by atoms with E-state index in [1.807, 2.05) is 30.3 Å². The molecule has 0 saturated heterocycles. The number of methoxy groups -OCH3 is 2. The first kappa shape index (κ1) is 23.3. The fourth-order valence-electron chi connectivity index (χ4n) is 2.93. The first-order chi connectivity index (χ1) is 16.0. The average molecular weight is 449 g/mol. The molecule has 0 aromatic heterocycles. The summed E-state index contributed by atoms with van der Waals surface area (Å²) < 4.78 is 21.2. The number of benzene rings is 3. The Bertz CT molecular complexity index is 1130. The molecule has 3 rings (SSSR count). The fraction of sp³-hybridized carbons (Fsp3) is 0.160. The van der Waals surface area contributed by atoms with Crippen molar-refractivity contribution in [3.63, 3.8) is 0 Å². The molecule has 0 heterocycles. The van der Waals surface area contributed by atoms with Crippen LogP contribution in [-0.2, 0) is 16.1 Å². The van der Waals surface area contributed by atoms with Gasteiger partial charge in [-0.15, -0.1) is 0 Å². The second-order valence-corrected chi connectivity index (χ2v) is 6.79. The van der Waals surface area contributed by atoms with Crippen LogP contribution in [0.3, 0.4) is 0 Å². The Morgan fingerprint density at radius 2 is 1.48 bits per heavy atom. The molecular weight excluding hydrogens is 426 g/mol. The normalized spacial score (nSPS) is 10.1. The highest BCUT2D eigenvalue weighted by Gasteiger charge is 2.17. The number of carbonyl (C=O) groups is 3. The Hall–Kier alpha value is -4.33. The summed E-state index contributed by atoms with van der Waals surface area (Å²) in [5.41, 5.74) is 1.34. The lowest BCUT2D eigenvalue weighted by Crippen LogP contribution is -2.34. The Kier molecular flexibility index (Phi) is 8.02. The van der Waals surface area contributed by atoms with Gasteiger partial charge in [0.15, 0.2) is 18.1 Å². The molecule has 8 nitrogen and oxygen atoms in total. The van der Waals surface area contributed by atoms with Gasteiger partial charge in [0.2, 0.25) is 0 Å². The second-order valence-electron chi connectivity index (χ2n) is 6.79. The summed E-state index contributed by atoms with van der Waals surface area (Å²) in [7, 11) is 2.87. The van der Waals surface area contributed by atoms with Gasteiger partial charge in [-0.3, -0.25) is 14.9 Å². The second kappa shape index (κ2) is 11.3. The van der Waals surface area contributed by atoms with E-state index in [4.69, 9.17) is 18.9 Å². The predicted octanol–water partition coefficient (Wildman–Crippen LogP) is 3.40. The third-order valence-corrected chi connectivity index (χ3v) is 4.58. The number of esters is 1. The van der Waals surface area contributed by atoms with Crippen LogP contribution in [0.15, 0.2) is 72.8 Å². The first-order valence-corrected chi connectivity index (χ1v) is 10.0. The van der Waals surface area contributed by atoms with E-state index < -0.39 is 24.4 Å². The molecular formula is C25H23NO7. The topological polar surface area (TPSA) is 100 Å². The minimum absolute atomic E-state index is 0.169. The first-order valence-electron chi connectivity index (χ1n) is 10.0. The third kappa shape index (κ3) is 6.33. The number of imide groups is 1. The molecule has 2 amide bonds. The van der Waals surface area contributed by atoms with Crippen LogP contribution in [-0.4, -0.2) is 38.6 Å². The minimum Gasteiger partial charge on any atom is -0.496 e. The molecule has 8 heteroatoms. The van der Waals surface area contributed by atoms with Gasteiger partial charge in [0.1, 0.15) is 12.4 Å². The van der Waals surface area contributed by atoms with E-state index >= 15 is 0 Å². The van der Waals surface area contributed by atoms with Crippen molar-refractivity contribution in [2.45, 2.75) is 6.61 Å². The van der Waals surface area contributed by atoms with Gasteiger partial charge in [-0.05, 0) is 35.9 Å². The molecule has 0 aliphatic heterocycles. The van der Waals surface area contributed by atoms with Crippen molar-refractivity contribution in [3.8, 4) is 17.2 Å². The zero-order chi connectivity index (χ0) is 23.6. The van der Waals surface area contributed by atoms with Crippen molar-refractivity contribution in [1.29, 1.82) is 0 Å². The van der Waals surface area contributed by atoms with Gasteiger partial charge < -0.3 is 18.9 Å². The molecule has 0 spiro atoms. The van der Waals surface area contributed by atoms with Crippen LogP contribution in [0.2, 0.25) is 0 Å². The lowest BCUT2D eigenvalue weighted by Gasteiger charge is -2.12. The van der Waals surface area contributed by atoms with Crippen molar-refractivity contribution >= 4 is 17.8 Å². The highest BCUT2D eigenvalue weighted by atomic mass is 16.5. The summed E-state index contributed by atoms with van der Waals surface area (Å²) in [6, 6.07) is 20.6. The summed E-state index contributed by atoms with van der Waals surface area (Å²) in [4.78, 5) is 36.7. The summed E-state index contributed by atoms with van der Waals surface area (Å²) >= 11 is 0. The van der Waals surface area contributed by atoms with Crippen LogP contribution in [0.1, 0.15) is 26.3 Å². The minimum atomic E-state index is -0.769. The van der Waals surface area contributed by atoms with Crippen LogP contribution < -0.4 is 19.5 Å². The van der Waals surface area contributed by atoms with Gasteiger partial charge in [-0.25, -0.2) is 4.79 Å². The number of carbonyl (C=O) groups excluding carboxylic acids is 3. The number of rotatable bonds is 9. The SMILES string of the molecule is COc1cc(C(=O)OCC(=O)NC(=O)c2ccccc2OC)ccc1OCc1ccccc1. The molecule has 0 atom stereocenters. The summed E-state index contributed by atoms with van der Waals surface area (Å²) in [6.45, 7) is -0.296. The molecule has 3 aromatic carbocycles. The molecule has 33 heavy (non-hydrogen) atoms. The van der Waals surface area contributed by atoms with Crippen LogP contribution in [0, 0.1) is 0 Å². The molecule has 0 saturated carbocycles. The van der Waals surface area contributed by atoms with E-state index in [2.05, 4.69) is 5.32 Å². The van der Waals surface area contributed by atoms with Crippen molar-refractivity contribution in [2.75, 3.05) is 20.8 Å². The third-order valence-electron chi connectivity index (χ3n) is 4.58. The maximum absolute atomic E-state index is 12.4. The molecule has 0 aliphatic carbocycles. The van der Waals surface area contributed by atoms with Gasteiger partial charge in [0.05, 0.1) is 25.3 Å². The van der Waals surface area contributed by atoms with Crippen molar-refractivity contribution < 1.29 is 33.3 Å². The van der Waals surface area contributed by atoms with E-state index in [1.165, 1.54) is 32.4 Å². The maximum atomic E-state index is 12.4. The monoisotopic (exact) mass is 449 g/mol.